The molecule has 0 aliphatic carbocycles. The minimum absolute atomic E-state index is 0.511. The summed E-state index contributed by atoms with van der Waals surface area (Å²) in [5.74, 6) is 0.511. The molecule has 0 saturated heterocycles. The number of fused-ring (bicyclic) bond motifs is 1. The lowest BCUT2D eigenvalue weighted by Gasteiger charge is -2.18. The minimum atomic E-state index is 0.511. The van der Waals surface area contributed by atoms with Crippen molar-refractivity contribution in [2.24, 2.45) is 0 Å². The summed E-state index contributed by atoms with van der Waals surface area (Å²) in [6.07, 6.45) is 5.08. The Kier molecular flexibility index (Phi) is 2.85. The van der Waals surface area contributed by atoms with Gasteiger partial charge in [-0.3, -0.25) is 4.98 Å². The zero-order chi connectivity index (χ0) is 11.5. The Bertz CT molecular complexity index is 500. The van der Waals surface area contributed by atoms with Crippen LogP contribution in [0, 0.1) is 0 Å². The smallest absolute Gasteiger partial charge is 0.242 e. The van der Waals surface area contributed by atoms with Crippen molar-refractivity contribution in [1.82, 2.24) is 15.0 Å². The summed E-state index contributed by atoms with van der Waals surface area (Å²) in [7, 11) is 3.58. The third-order valence-electron chi connectivity index (χ3n) is 2.53. The van der Waals surface area contributed by atoms with E-state index in [2.05, 4.69) is 26.8 Å². The highest BCUT2D eigenvalue weighted by atomic mass is 16.5. The molecule has 0 amide bonds. The average molecular weight is 218 g/mol. The molecule has 0 aliphatic heterocycles. The van der Waals surface area contributed by atoms with Crippen molar-refractivity contribution in [2.45, 2.75) is 6.92 Å². The number of anilines is 1. The van der Waals surface area contributed by atoms with E-state index in [1.54, 1.807) is 25.7 Å². The molecule has 84 valence electrons. The lowest BCUT2D eigenvalue weighted by molar-refractivity contribution is 0.402. The first kappa shape index (κ1) is 10.6. The fourth-order valence-electron chi connectivity index (χ4n) is 1.52. The highest BCUT2D eigenvalue weighted by molar-refractivity contribution is 5.90. The molecule has 5 heteroatoms. The molecule has 0 aliphatic rings. The Labute approximate surface area is 94.1 Å². The van der Waals surface area contributed by atoms with Crippen molar-refractivity contribution in [3.63, 3.8) is 0 Å². The van der Waals surface area contributed by atoms with Crippen molar-refractivity contribution in [3.8, 4) is 5.88 Å². The normalized spacial score (nSPS) is 10.4. The van der Waals surface area contributed by atoms with Crippen LogP contribution in [0.25, 0.3) is 11.0 Å². The molecule has 0 atom stereocenters. The van der Waals surface area contributed by atoms with Crippen LogP contribution in [0.15, 0.2) is 18.6 Å². The van der Waals surface area contributed by atoms with E-state index in [9.17, 15) is 0 Å². The van der Waals surface area contributed by atoms with Crippen LogP contribution in [-0.4, -0.2) is 35.7 Å². The number of ether oxygens (including phenoxy) is 1. The Morgan fingerprint density at radius 3 is 2.50 bits per heavy atom. The fraction of sp³-hybridized carbons (Fsp3) is 0.364. The van der Waals surface area contributed by atoms with Crippen LogP contribution in [-0.2, 0) is 0 Å². The predicted octanol–water partition coefficient (Wildman–Crippen LogP) is 1.49. The second kappa shape index (κ2) is 4.30. The molecule has 0 bridgehead atoms. The molecule has 2 aromatic heterocycles. The van der Waals surface area contributed by atoms with Gasteiger partial charge in [0.05, 0.1) is 19.0 Å². The second-order valence-electron chi connectivity index (χ2n) is 3.42. The van der Waals surface area contributed by atoms with E-state index in [1.807, 2.05) is 7.05 Å². The van der Waals surface area contributed by atoms with Gasteiger partial charge in [-0.05, 0) is 6.92 Å². The molecule has 0 N–H and O–H groups in total. The summed E-state index contributed by atoms with van der Waals surface area (Å²) in [6, 6.07) is 0. The van der Waals surface area contributed by atoms with Gasteiger partial charge in [0, 0.05) is 26.0 Å². The van der Waals surface area contributed by atoms with Crippen LogP contribution in [0.3, 0.4) is 0 Å². The van der Waals surface area contributed by atoms with Gasteiger partial charge in [-0.1, -0.05) is 0 Å². The largest absolute Gasteiger partial charge is 0.479 e. The Morgan fingerprint density at radius 1 is 1.19 bits per heavy atom. The first-order valence-corrected chi connectivity index (χ1v) is 5.12. The van der Waals surface area contributed by atoms with Gasteiger partial charge >= 0.3 is 0 Å². The molecule has 16 heavy (non-hydrogen) atoms. The predicted molar refractivity (Wildman–Crippen MR) is 62.8 cm³/mol. The van der Waals surface area contributed by atoms with Gasteiger partial charge < -0.3 is 9.64 Å². The molecule has 0 fully saturated rings. The van der Waals surface area contributed by atoms with Crippen LogP contribution in [0.4, 0.5) is 5.69 Å². The molecule has 5 nitrogen and oxygen atoms in total. The topological polar surface area (TPSA) is 51.1 Å². The number of methoxy groups -OCH3 is 1. The number of hydrogen-bond acceptors (Lipinski definition) is 5. The Morgan fingerprint density at radius 2 is 1.88 bits per heavy atom. The van der Waals surface area contributed by atoms with Gasteiger partial charge in [-0.25, -0.2) is 9.97 Å². The summed E-state index contributed by atoms with van der Waals surface area (Å²) in [4.78, 5) is 14.9. The fourth-order valence-corrected chi connectivity index (χ4v) is 1.52. The van der Waals surface area contributed by atoms with E-state index >= 15 is 0 Å². The molecule has 0 radical (unpaired) electrons. The quantitative estimate of drug-likeness (QED) is 0.781. The zero-order valence-electron chi connectivity index (χ0n) is 9.64. The average Bonchev–Trinajstić information content (AvgIpc) is 2.36. The molecule has 0 saturated carbocycles. The number of hydrogen-bond donors (Lipinski definition) is 0. The van der Waals surface area contributed by atoms with E-state index in [1.165, 1.54) is 0 Å². The van der Waals surface area contributed by atoms with Gasteiger partial charge in [-0.2, -0.15) is 0 Å². The van der Waals surface area contributed by atoms with Crippen LogP contribution >= 0.6 is 0 Å². The zero-order valence-corrected chi connectivity index (χ0v) is 9.64. The maximum Gasteiger partial charge on any atom is 0.242 e. The Hall–Kier alpha value is -1.91. The monoisotopic (exact) mass is 218 g/mol. The van der Waals surface area contributed by atoms with Crippen LogP contribution < -0.4 is 9.64 Å². The molecule has 2 heterocycles. The maximum absolute atomic E-state index is 5.16. The van der Waals surface area contributed by atoms with E-state index in [0.717, 1.165) is 17.7 Å². The van der Waals surface area contributed by atoms with E-state index < -0.39 is 0 Å². The van der Waals surface area contributed by atoms with Crippen LogP contribution in [0.2, 0.25) is 0 Å². The molecule has 2 aromatic rings. The molecule has 0 aromatic carbocycles. The number of nitrogens with zero attached hydrogens (tertiary/aromatic N) is 4. The highest BCUT2D eigenvalue weighted by Gasteiger charge is 2.11. The van der Waals surface area contributed by atoms with Crippen LogP contribution in [0.5, 0.6) is 5.88 Å². The van der Waals surface area contributed by atoms with Crippen molar-refractivity contribution < 1.29 is 4.74 Å². The van der Waals surface area contributed by atoms with Crippen molar-refractivity contribution in [2.75, 3.05) is 25.6 Å². The van der Waals surface area contributed by atoms with E-state index in [-0.39, 0.29) is 0 Å². The number of pyridine rings is 1. The van der Waals surface area contributed by atoms with E-state index in [0.29, 0.717) is 11.4 Å². The molecular formula is C11H14N4O. The van der Waals surface area contributed by atoms with Gasteiger partial charge in [0.25, 0.3) is 0 Å². The molecule has 0 spiro atoms. The first-order valence-electron chi connectivity index (χ1n) is 5.12. The summed E-state index contributed by atoms with van der Waals surface area (Å²) in [5, 5.41) is 0. The SMILES string of the molecule is CCN(C)c1cnc(OC)c2nccnc12. The summed E-state index contributed by atoms with van der Waals surface area (Å²) >= 11 is 0. The Balaban J connectivity index is 2.69. The van der Waals surface area contributed by atoms with Crippen molar-refractivity contribution >= 4 is 16.7 Å². The summed E-state index contributed by atoms with van der Waals surface area (Å²) in [5.41, 5.74) is 2.48. The van der Waals surface area contributed by atoms with Gasteiger partial charge in [-0.15, -0.1) is 0 Å². The van der Waals surface area contributed by atoms with Crippen LogP contribution in [0.1, 0.15) is 6.92 Å². The maximum atomic E-state index is 5.16. The van der Waals surface area contributed by atoms with Crippen molar-refractivity contribution in [1.29, 1.82) is 0 Å². The molecular weight excluding hydrogens is 204 g/mol. The lowest BCUT2D eigenvalue weighted by atomic mass is 10.3. The van der Waals surface area contributed by atoms with Gasteiger partial charge in [0.1, 0.15) is 5.52 Å². The van der Waals surface area contributed by atoms with Gasteiger partial charge in [0.15, 0.2) is 5.52 Å². The molecule has 2 rings (SSSR count). The number of aromatic nitrogens is 3. The summed E-state index contributed by atoms with van der Waals surface area (Å²) < 4.78 is 5.16. The lowest BCUT2D eigenvalue weighted by Crippen LogP contribution is -2.17. The van der Waals surface area contributed by atoms with Crippen molar-refractivity contribution in [3.05, 3.63) is 18.6 Å². The highest BCUT2D eigenvalue weighted by Crippen LogP contribution is 2.27. The minimum Gasteiger partial charge on any atom is -0.479 e. The second-order valence-corrected chi connectivity index (χ2v) is 3.42. The first-order chi connectivity index (χ1) is 7.77. The van der Waals surface area contributed by atoms with E-state index in [4.69, 9.17) is 4.74 Å². The third kappa shape index (κ3) is 1.64. The molecule has 0 unspecified atom stereocenters. The summed E-state index contributed by atoms with van der Waals surface area (Å²) in [6.45, 7) is 2.96. The van der Waals surface area contributed by atoms with Gasteiger partial charge in [0.2, 0.25) is 5.88 Å². The number of rotatable bonds is 3. The standard InChI is InChI=1S/C11H14N4O/c1-4-15(2)8-7-14-11(16-3)10-9(8)12-5-6-13-10/h5-7H,4H2,1-3H3. The third-order valence-corrected chi connectivity index (χ3v) is 2.53.